The fourth-order valence-corrected chi connectivity index (χ4v) is 3.80. The van der Waals surface area contributed by atoms with Gasteiger partial charge in [-0.05, 0) is 70.7 Å². The van der Waals surface area contributed by atoms with Crippen LogP contribution in [-0.4, -0.2) is 37.5 Å². The summed E-state index contributed by atoms with van der Waals surface area (Å²) in [5.74, 6) is 1.30. The van der Waals surface area contributed by atoms with E-state index in [0.29, 0.717) is 5.76 Å². The molecule has 0 spiro atoms. The first-order chi connectivity index (χ1) is 11.5. The Morgan fingerprint density at radius 1 is 1.21 bits per heavy atom. The summed E-state index contributed by atoms with van der Waals surface area (Å²) in [6.07, 6.45) is 3.37. The van der Waals surface area contributed by atoms with Crippen LogP contribution in [0.5, 0.6) is 0 Å². The Labute approximate surface area is 144 Å². The second-order valence-corrected chi connectivity index (χ2v) is 7.09. The van der Waals surface area contributed by atoms with Gasteiger partial charge in [-0.15, -0.1) is 0 Å². The van der Waals surface area contributed by atoms with Crippen LogP contribution in [0, 0.1) is 26.7 Å². The standard InChI is InChI=1S/C20H28N2O2/c1-13-5-6-14(2)18-17(13)15(3)19(24-18)20(23)22-11-8-16(9-12-22)7-10-21-4/h5-6,16,21H,7-12H2,1-4H3. The lowest BCUT2D eigenvalue weighted by Crippen LogP contribution is -2.39. The van der Waals surface area contributed by atoms with Crippen molar-refractivity contribution < 1.29 is 9.21 Å². The number of furan rings is 1. The van der Waals surface area contributed by atoms with Crippen LogP contribution in [0.1, 0.15) is 46.5 Å². The first-order valence-corrected chi connectivity index (χ1v) is 8.96. The highest BCUT2D eigenvalue weighted by Crippen LogP contribution is 2.32. The number of amides is 1. The van der Waals surface area contributed by atoms with E-state index in [1.807, 2.05) is 25.8 Å². The number of benzene rings is 1. The number of carbonyl (C=O) groups excluding carboxylic acids is 1. The number of hydrogen-bond donors (Lipinski definition) is 1. The fraction of sp³-hybridized carbons (Fsp3) is 0.550. The molecule has 0 radical (unpaired) electrons. The SMILES string of the molecule is CNCCC1CCN(C(=O)c2oc3c(C)ccc(C)c3c2C)CC1. The molecule has 0 saturated carbocycles. The molecule has 1 aliphatic heterocycles. The largest absolute Gasteiger partial charge is 0.450 e. The van der Waals surface area contributed by atoms with Crippen molar-refractivity contribution >= 4 is 16.9 Å². The van der Waals surface area contributed by atoms with Crippen LogP contribution in [-0.2, 0) is 0 Å². The van der Waals surface area contributed by atoms with Crippen molar-refractivity contribution in [3.05, 3.63) is 34.6 Å². The van der Waals surface area contributed by atoms with Crippen LogP contribution in [0.2, 0.25) is 0 Å². The van der Waals surface area contributed by atoms with Gasteiger partial charge in [-0.2, -0.15) is 0 Å². The maximum atomic E-state index is 13.0. The third-order valence-corrected chi connectivity index (χ3v) is 5.38. The predicted molar refractivity (Wildman–Crippen MR) is 97.6 cm³/mol. The number of piperidine rings is 1. The number of fused-ring (bicyclic) bond motifs is 1. The Hall–Kier alpha value is -1.81. The Balaban J connectivity index is 1.79. The van der Waals surface area contributed by atoms with Crippen LogP contribution in [0.4, 0.5) is 0 Å². The zero-order valence-electron chi connectivity index (χ0n) is 15.2. The molecule has 2 heterocycles. The monoisotopic (exact) mass is 328 g/mol. The second kappa shape index (κ2) is 6.98. The third kappa shape index (κ3) is 3.07. The molecule has 1 fully saturated rings. The zero-order chi connectivity index (χ0) is 17.3. The molecule has 2 aromatic rings. The van der Waals surface area contributed by atoms with E-state index in [1.165, 1.54) is 12.0 Å². The molecule has 1 amide bonds. The summed E-state index contributed by atoms with van der Waals surface area (Å²) in [5.41, 5.74) is 4.10. The second-order valence-electron chi connectivity index (χ2n) is 7.09. The first-order valence-electron chi connectivity index (χ1n) is 8.96. The number of nitrogens with one attached hydrogen (secondary N) is 1. The van der Waals surface area contributed by atoms with Crippen molar-refractivity contribution in [3.63, 3.8) is 0 Å². The molecule has 1 aliphatic rings. The summed E-state index contributed by atoms with van der Waals surface area (Å²) < 4.78 is 6.02. The Bertz CT molecular complexity index is 740. The van der Waals surface area contributed by atoms with Gasteiger partial charge < -0.3 is 14.6 Å². The lowest BCUT2D eigenvalue weighted by atomic mass is 9.93. The molecule has 0 aliphatic carbocycles. The van der Waals surface area contributed by atoms with Gasteiger partial charge in [-0.3, -0.25) is 4.79 Å². The lowest BCUT2D eigenvalue weighted by molar-refractivity contribution is 0.0656. The summed E-state index contributed by atoms with van der Waals surface area (Å²) in [5, 5.41) is 4.31. The van der Waals surface area contributed by atoms with Crippen LogP contribution in [0.25, 0.3) is 11.0 Å². The van der Waals surface area contributed by atoms with Crippen LogP contribution >= 0.6 is 0 Å². The van der Waals surface area contributed by atoms with Gasteiger partial charge in [0.25, 0.3) is 5.91 Å². The summed E-state index contributed by atoms with van der Waals surface area (Å²) in [6, 6.07) is 4.16. The lowest BCUT2D eigenvalue weighted by Gasteiger charge is -2.31. The summed E-state index contributed by atoms with van der Waals surface area (Å²) in [4.78, 5) is 14.9. The van der Waals surface area contributed by atoms with Gasteiger partial charge in [0.05, 0.1) is 0 Å². The van der Waals surface area contributed by atoms with E-state index in [0.717, 1.165) is 60.5 Å². The maximum absolute atomic E-state index is 13.0. The molecular weight excluding hydrogens is 300 g/mol. The minimum absolute atomic E-state index is 0.0505. The summed E-state index contributed by atoms with van der Waals surface area (Å²) in [7, 11) is 1.99. The third-order valence-electron chi connectivity index (χ3n) is 5.38. The molecule has 24 heavy (non-hydrogen) atoms. The van der Waals surface area contributed by atoms with Gasteiger partial charge >= 0.3 is 0 Å². The van der Waals surface area contributed by atoms with Gasteiger partial charge in [-0.25, -0.2) is 0 Å². The number of nitrogens with zero attached hydrogens (tertiary/aromatic N) is 1. The fourth-order valence-electron chi connectivity index (χ4n) is 3.80. The highest BCUT2D eigenvalue weighted by Gasteiger charge is 2.28. The average Bonchev–Trinajstić information content (AvgIpc) is 2.95. The number of likely N-dealkylation sites (tertiary alicyclic amines) is 1. The minimum Gasteiger partial charge on any atom is -0.450 e. The van der Waals surface area contributed by atoms with Crippen LogP contribution < -0.4 is 5.32 Å². The van der Waals surface area contributed by atoms with Crippen molar-refractivity contribution in [2.45, 2.75) is 40.0 Å². The van der Waals surface area contributed by atoms with E-state index in [4.69, 9.17) is 4.42 Å². The number of aryl methyl sites for hydroxylation is 3. The smallest absolute Gasteiger partial charge is 0.289 e. The molecule has 1 saturated heterocycles. The molecule has 4 nitrogen and oxygen atoms in total. The van der Waals surface area contributed by atoms with E-state index in [2.05, 4.69) is 24.4 Å². The Kier molecular flexibility index (Phi) is 4.95. The van der Waals surface area contributed by atoms with E-state index in [-0.39, 0.29) is 5.91 Å². The van der Waals surface area contributed by atoms with Gasteiger partial charge in [-0.1, -0.05) is 12.1 Å². The van der Waals surface area contributed by atoms with Crippen molar-refractivity contribution in [3.8, 4) is 0 Å². The molecule has 4 heteroatoms. The van der Waals surface area contributed by atoms with Crippen LogP contribution in [0.3, 0.4) is 0 Å². The highest BCUT2D eigenvalue weighted by molar-refractivity contribution is 6.00. The molecule has 130 valence electrons. The molecule has 3 rings (SSSR count). The number of rotatable bonds is 4. The maximum Gasteiger partial charge on any atom is 0.289 e. The molecule has 0 bridgehead atoms. The molecule has 1 aromatic carbocycles. The van der Waals surface area contributed by atoms with Crippen LogP contribution in [0.15, 0.2) is 16.5 Å². The molecule has 1 aromatic heterocycles. The zero-order valence-corrected chi connectivity index (χ0v) is 15.2. The first kappa shape index (κ1) is 17.0. The van der Waals surface area contributed by atoms with E-state index in [9.17, 15) is 4.79 Å². The quantitative estimate of drug-likeness (QED) is 0.928. The van der Waals surface area contributed by atoms with Gasteiger partial charge in [0.2, 0.25) is 0 Å². The van der Waals surface area contributed by atoms with Gasteiger partial charge in [0, 0.05) is 24.0 Å². The molecular formula is C20H28N2O2. The van der Waals surface area contributed by atoms with Gasteiger partial charge in [0.15, 0.2) is 5.76 Å². The normalized spacial score (nSPS) is 16.1. The number of hydrogen-bond acceptors (Lipinski definition) is 3. The van der Waals surface area contributed by atoms with Crippen molar-refractivity contribution in [1.29, 1.82) is 0 Å². The molecule has 1 N–H and O–H groups in total. The molecule has 0 unspecified atom stereocenters. The highest BCUT2D eigenvalue weighted by atomic mass is 16.3. The minimum atomic E-state index is 0.0505. The number of carbonyl (C=O) groups is 1. The van der Waals surface area contributed by atoms with Crippen molar-refractivity contribution in [2.24, 2.45) is 5.92 Å². The van der Waals surface area contributed by atoms with E-state index < -0.39 is 0 Å². The Morgan fingerprint density at radius 2 is 1.88 bits per heavy atom. The predicted octanol–water partition coefficient (Wildman–Crippen LogP) is 3.82. The van der Waals surface area contributed by atoms with Gasteiger partial charge in [0.1, 0.15) is 5.58 Å². The Morgan fingerprint density at radius 3 is 2.50 bits per heavy atom. The summed E-state index contributed by atoms with van der Waals surface area (Å²) >= 11 is 0. The van der Waals surface area contributed by atoms with Crippen molar-refractivity contribution in [1.82, 2.24) is 10.2 Å². The van der Waals surface area contributed by atoms with E-state index >= 15 is 0 Å². The average molecular weight is 328 g/mol. The topological polar surface area (TPSA) is 45.5 Å². The molecule has 0 atom stereocenters. The van der Waals surface area contributed by atoms with E-state index in [1.54, 1.807) is 0 Å². The summed E-state index contributed by atoms with van der Waals surface area (Å²) in [6.45, 7) is 8.84. The van der Waals surface area contributed by atoms with Crippen molar-refractivity contribution in [2.75, 3.05) is 26.7 Å².